The number of carbonyl (C=O) groups is 1. The summed E-state index contributed by atoms with van der Waals surface area (Å²) >= 11 is 0. The molecule has 0 aromatic rings. The van der Waals surface area contributed by atoms with Crippen LogP contribution in [0.2, 0.25) is 0 Å². The Morgan fingerprint density at radius 1 is 0.850 bits per heavy atom. The molecule has 20 heavy (non-hydrogen) atoms. The highest BCUT2D eigenvalue weighted by Crippen LogP contribution is 2.53. The maximum atomic E-state index is 13.0. The zero-order chi connectivity index (χ0) is 16.2. The molecule has 0 saturated carbocycles. The minimum Gasteiger partial charge on any atom is -0.342 e. The van der Waals surface area contributed by atoms with Crippen LogP contribution < -0.4 is 0 Å². The van der Waals surface area contributed by atoms with Gasteiger partial charge in [-0.05, 0) is 19.3 Å². The van der Waals surface area contributed by atoms with Gasteiger partial charge in [0.1, 0.15) is 0 Å². The molecule has 0 radical (unpaired) electrons. The predicted octanol–water partition coefficient (Wildman–Crippen LogP) is 4.16. The second-order valence-corrected chi connectivity index (χ2v) is 4.55. The van der Waals surface area contributed by atoms with E-state index in [0.717, 1.165) is 6.92 Å². The molecular weight excluding hydrogens is 288 g/mol. The molecule has 0 heterocycles. The monoisotopic (exact) mass is 307 g/mol. The Morgan fingerprint density at radius 3 is 1.40 bits per heavy atom. The van der Waals surface area contributed by atoms with E-state index in [1.165, 1.54) is 0 Å². The third-order valence-corrected chi connectivity index (χ3v) is 3.14. The van der Waals surface area contributed by atoms with Gasteiger partial charge in [0.25, 0.3) is 0 Å². The van der Waals surface area contributed by atoms with E-state index in [9.17, 15) is 31.1 Å². The number of carbonyl (C=O) groups excluding carboxylic acids is 1. The van der Waals surface area contributed by atoms with Gasteiger partial charge in [0.05, 0.1) is 0 Å². The third kappa shape index (κ3) is 3.38. The van der Waals surface area contributed by atoms with E-state index < -0.39 is 30.1 Å². The Hall–Kier alpha value is -0.950. The Labute approximate surface area is 114 Å². The molecule has 0 aromatic heterocycles. The number of alkyl halides is 6. The molecule has 0 aromatic carbocycles. The van der Waals surface area contributed by atoms with E-state index in [-0.39, 0.29) is 13.1 Å². The number of nitrogens with zero attached hydrogens (tertiary/aromatic N) is 1. The first-order valence-electron chi connectivity index (χ1n) is 6.42. The SMILES string of the molecule is CCCN(CCC)C(=O)C(CC)(C(F)(F)F)C(F)(F)F. The zero-order valence-electron chi connectivity index (χ0n) is 11.7. The Morgan fingerprint density at radius 2 is 1.20 bits per heavy atom. The molecule has 0 bridgehead atoms. The summed E-state index contributed by atoms with van der Waals surface area (Å²) in [4.78, 5) is 12.6. The smallest absolute Gasteiger partial charge is 0.342 e. The molecule has 0 N–H and O–H groups in total. The van der Waals surface area contributed by atoms with Gasteiger partial charge < -0.3 is 4.90 Å². The molecule has 120 valence electrons. The van der Waals surface area contributed by atoms with Crippen molar-refractivity contribution in [3.05, 3.63) is 0 Å². The minimum absolute atomic E-state index is 0.124. The number of rotatable bonds is 6. The average Bonchev–Trinajstić information content (AvgIpc) is 2.26. The molecule has 1 amide bonds. The lowest BCUT2D eigenvalue weighted by atomic mass is 9.81. The quantitative estimate of drug-likeness (QED) is 0.675. The van der Waals surface area contributed by atoms with Crippen LogP contribution in [-0.2, 0) is 4.79 Å². The van der Waals surface area contributed by atoms with Crippen molar-refractivity contribution in [1.82, 2.24) is 4.90 Å². The molecular formula is C12H19F6NO. The highest BCUT2D eigenvalue weighted by molar-refractivity contribution is 5.84. The fourth-order valence-electron chi connectivity index (χ4n) is 2.08. The van der Waals surface area contributed by atoms with Crippen LogP contribution in [0.15, 0.2) is 0 Å². The molecule has 2 nitrogen and oxygen atoms in total. The van der Waals surface area contributed by atoms with Crippen LogP contribution in [0.4, 0.5) is 26.3 Å². The lowest BCUT2D eigenvalue weighted by Gasteiger charge is -2.39. The van der Waals surface area contributed by atoms with Crippen molar-refractivity contribution < 1.29 is 31.1 Å². The van der Waals surface area contributed by atoms with Gasteiger partial charge in [-0.15, -0.1) is 0 Å². The summed E-state index contributed by atoms with van der Waals surface area (Å²) in [5, 5.41) is 0. The lowest BCUT2D eigenvalue weighted by molar-refractivity contribution is -0.329. The van der Waals surface area contributed by atoms with E-state index in [2.05, 4.69) is 0 Å². The molecule has 0 atom stereocenters. The van der Waals surface area contributed by atoms with Crippen LogP contribution in [0.3, 0.4) is 0 Å². The van der Waals surface area contributed by atoms with Gasteiger partial charge in [-0.3, -0.25) is 4.79 Å². The van der Waals surface area contributed by atoms with Crippen molar-refractivity contribution in [3.63, 3.8) is 0 Å². The first-order valence-corrected chi connectivity index (χ1v) is 6.42. The normalized spacial score (nSPS) is 13.4. The molecule has 0 aliphatic carbocycles. The van der Waals surface area contributed by atoms with Gasteiger partial charge in [-0.1, -0.05) is 20.8 Å². The summed E-state index contributed by atoms with van der Waals surface area (Å²) in [5.74, 6) is -1.90. The second kappa shape index (κ2) is 6.67. The average molecular weight is 307 g/mol. The molecule has 0 aliphatic rings. The van der Waals surface area contributed by atoms with Gasteiger partial charge >= 0.3 is 12.4 Å². The topological polar surface area (TPSA) is 20.3 Å². The van der Waals surface area contributed by atoms with Gasteiger partial charge in [-0.2, -0.15) is 26.3 Å². The molecule has 0 saturated heterocycles. The standard InChI is InChI=1S/C12H19F6NO/c1-4-7-19(8-5-2)9(20)10(6-3,11(13,14)15)12(16,17)18/h4-8H2,1-3H3. The first-order chi connectivity index (χ1) is 8.99. The summed E-state index contributed by atoms with van der Waals surface area (Å²) in [6.07, 6.45) is -12.1. The van der Waals surface area contributed by atoms with E-state index in [1.807, 2.05) is 0 Å². The van der Waals surface area contributed by atoms with Crippen molar-refractivity contribution in [2.45, 2.75) is 52.4 Å². The van der Waals surface area contributed by atoms with E-state index in [0.29, 0.717) is 17.7 Å². The molecule has 8 heteroatoms. The molecule has 0 unspecified atom stereocenters. The molecule has 0 rings (SSSR count). The van der Waals surface area contributed by atoms with Crippen LogP contribution in [0.5, 0.6) is 0 Å². The third-order valence-electron chi connectivity index (χ3n) is 3.14. The predicted molar refractivity (Wildman–Crippen MR) is 62.0 cm³/mol. The van der Waals surface area contributed by atoms with Crippen LogP contribution >= 0.6 is 0 Å². The van der Waals surface area contributed by atoms with Crippen LogP contribution in [0.25, 0.3) is 0 Å². The Balaban J connectivity index is 5.81. The van der Waals surface area contributed by atoms with Gasteiger partial charge in [0.15, 0.2) is 0 Å². The maximum Gasteiger partial charge on any atom is 0.412 e. The largest absolute Gasteiger partial charge is 0.412 e. The number of hydrogen-bond acceptors (Lipinski definition) is 1. The first kappa shape index (κ1) is 19.1. The van der Waals surface area contributed by atoms with Crippen LogP contribution in [-0.4, -0.2) is 36.2 Å². The van der Waals surface area contributed by atoms with Crippen molar-refractivity contribution in [2.75, 3.05) is 13.1 Å². The number of halogens is 6. The van der Waals surface area contributed by atoms with Crippen molar-refractivity contribution in [3.8, 4) is 0 Å². The molecule has 0 aliphatic heterocycles. The number of amides is 1. The van der Waals surface area contributed by atoms with E-state index in [1.54, 1.807) is 13.8 Å². The molecule has 0 spiro atoms. The lowest BCUT2D eigenvalue weighted by Crippen LogP contribution is -2.60. The maximum absolute atomic E-state index is 13.0. The van der Waals surface area contributed by atoms with Crippen molar-refractivity contribution in [1.29, 1.82) is 0 Å². The minimum atomic E-state index is -5.67. The summed E-state index contributed by atoms with van der Waals surface area (Å²) in [7, 11) is 0. The molecule has 0 fully saturated rings. The number of hydrogen-bond donors (Lipinski definition) is 0. The van der Waals surface area contributed by atoms with Gasteiger partial charge in [0.2, 0.25) is 11.3 Å². The summed E-state index contributed by atoms with van der Waals surface area (Å²) in [5.41, 5.74) is -4.32. The summed E-state index contributed by atoms with van der Waals surface area (Å²) in [6.45, 7) is 3.66. The Kier molecular flexibility index (Phi) is 6.35. The Bertz CT molecular complexity index is 303. The fraction of sp³-hybridized carbons (Fsp3) is 0.917. The van der Waals surface area contributed by atoms with E-state index in [4.69, 9.17) is 0 Å². The van der Waals surface area contributed by atoms with Gasteiger partial charge in [0, 0.05) is 13.1 Å². The van der Waals surface area contributed by atoms with Crippen molar-refractivity contribution >= 4 is 5.91 Å². The van der Waals surface area contributed by atoms with Crippen LogP contribution in [0.1, 0.15) is 40.0 Å². The van der Waals surface area contributed by atoms with Gasteiger partial charge in [-0.25, -0.2) is 0 Å². The van der Waals surface area contributed by atoms with E-state index >= 15 is 0 Å². The fourth-order valence-corrected chi connectivity index (χ4v) is 2.08. The second-order valence-electron chi connectivity index (χ2n) is 4.55. The summed E-state index contributed by atoms with van der Waals surface area (Å²) < 4.78 is 78.0. The zero-order valence-corrected chi connectivity index (χ0v) is 11.7. The summed E-state index contributed by atoms with van der Waals surface area (Å²) in [6, 6.07) is 0. The van der Waals surface area contributed by atoms with Crippen LogP contribution in [0, 0.1) is 5.41 Å². The highest BCUT2D eigenvalue weighted by Gasteiger charge is 2.74. The highest BCUT2D eigenvalue weighted by atomic mass is 19.4. The van der Waals surface area contributed by atoms with Crippen molar-refractivity contribution in [2.24, 2.45) is 5.41 Å².